The number of nitrogens with zero attached hydrogens (tertiary/aromatic N) is 1. The lowest BCUT2D eigenvalue weighted by Gasteiger charge is -2.28. The van der Waals surface area contributed by atoms with Crippen LogP contribution in [0.25, 0.3) is 0 Å². The summed E-state index contributed by atoms with van der Waals surface area (Å²) in [6.45, 7) is 2.59. The van der Waals surface area contributed by atoms with Crippen LogP contribution in [0.1, 0.15) is 13.3 Å². The Labute approximate surface area is 161 Å². The molecule has 0 bridgehead atoms. The molecule has 1 aliphatic heterocycles. The summed E-state index contributed by atoms with van der Waals surface area (Å²) in [4.78, 5) is 26.6. The first-order chi connectivity index (χ1) is 11.5. The van der Waals surface area contributed by atoms with Crippen molar-refractivity contribution in [2.24, 2.45) is 0 Å². The van der Waals surface area contributed by atoms with Gasteiger partial charge in [0.15, 0.2) is 0 Å². The molecule has 2 amide bonds. The van der Waals surface area contributed by atoms with Crippen molar-refractivity contribution in [3.8, 4) is 0 Å². The highest BCUT2D eigenvalue weighted by Crippen LogP contribution is 2.27. The number of rotatable bonds is 6. The van der Waals surface area contributed by atoms with E-state index in [-0.39, 0.29) is 23.6 Å². The Kier molecular flexibility index (Phi) is 8.07. The van der Waals surface area contributed by atoms with Crippen LogP contribution in [-0.4, -0.2) is 52.3 Å². The van der Waals surface area contributed by atoms with Crippen LogP contribution >= 0.6 is 46.7 Å². The van der Waals surface area contributed by atoms with E-state index in [9.17, 15) is 9.59 Å². The largest absolute Gasteiger partial charge is 0.332 e. The molecule has 1 aromatic rings. The van der Waals surface area contributed by atoms with Gasteiger partial charge in [-0.15, -0.1) is 11.8 Å². The van der Waals surface area contributed by atoms with E-state index >= 15 is 0 Å². The van der Waals surface area contributed by atoms with Gasteiger partial charge in [0.2, 0.25) is 11.8 Å². The molecule has 0 aromatic heterocycles. The van der Waals surface area contributed by atoms with Gasteiger partial charge < -0.3 is 10.2 Å². The predicted molar refractivity (Wildman–Crippen MR) is 106 cm³/mol. The third-order valence-corrected chi connectivity index (χ3v) is 6.74. The number of benzene rings is 1. The number of hydrogen-bond donors (Lipinski definition) is 1. The molecule has 1 N–H and O–H groups in total. The molecule has 4 nitrogen and oxygen atoms in total. The summed E-state index contributed by atoms with van der Waals surface area (Å²) < 4.78 is 0. The third-order valence-electron chi connectivity index (χ3n) is 3.43. The second-order valence-electron chi connectivity index (χ2n) is 5.37. The van der Waals surface area contributed by atoms with Crippen LogP contribution in [0.5, 0.6) is 0 Å². The minimum atomic E-state index is -0.269. The Morgan fingerprint density at radius 1 is 1.33 bits per heavy atom. The number of carbonyl (C=O) groups is 2. The number of thioether (sulfide) groups is 2. The SMILES string of the molecule is CCCN(CC(=O)Nc1cc(Cl)ccc1Cl)C(=O)C1CSCCS1. The molecule has 1 saturated heterocycles. The summed E-state index contributed by atoms with van der Waals surface area (Å²) in [6.07, 6.45) is 0.807. The summed E-state index contributed by atoms with van der Waals surface area (Å²) in [7, 11) is 0. The molecule has 1 aromatic carbocycles. The van der Waals surface area contributed by atoms with Crippen molar-refractivity contribution in [3.05, 3.63) is 28.2 Å². The fourth-order valence-electron chi connectivity index (χ4n) is 2.33. The first kappa shape index (κ1) is 19.8. The quantitative estimate of drug-likeness (QED) is 0.774. The van der Waals surface area contributed by atoms with Crippen molar-refractivity contribution in [2.45, 2.75) is 18.6 Å². The average Bonchev–Trinajstić information content (AvgIpc) is 2.58. The van der Waals surface area contributed by atoms with E-state index in [1.807, 2.05) is 6.92 Å². The fourth-order valence-corrected chi connectivity index (χ4v) is 5.29. The average molecular weight is 407 g/mol. The molecule has 1 fully saturated rings. The van der Waals surface area contributed by atoms with Crippen LogP contribution in [0.2, 0.25) is 10.0 Å². The van der Waals surface area contributed by atoms with E-state index in [4.69, 9.17) is 23.2 Å². The molecule has 1 unspecified atom stereocenters. The van der Waals surface area contributed by atoms with Crippen molar-refractivity contribution in [1.82, 2.24) is 4.90 Å². The summed E-state index contributed by atoms with van der Waals surface area (Å²) in [5.74, 6) is 2.64. The lowest BCUT2D eigenvalue weighted by molar-refractivity contribution is -0.133. The highest BCUT2D eigenvalue weighted by Gasteiger charge is 2.27. The van der Waals surface area contributed by atoms with Crippen LogP contribution in [0.4, 0.5) is 5.69 Å². The predicted octanol–water partition coefficient (Wildman–Crippen LogP) is 4.02. The topological polar surface area (TPSA) is 49.4 Å². The highest BCUT2D eigenvalue weighted by molar-refractivity contribution is 8.07. The van der Waals surface area contributed by atoms with Gasteiger partial charge >= 0.3 is 0 Å². The Morgan fingerprint density at radius 3 is 2.79 bits per heavy atom. The van der Waals surface area contributed by atoms with Crippen molar-refractivity contribution in [2.75, 3.05) is 35.7 Å². The number of anilines is 1. The molecule has 2 rings (SSSR count). The molecular weight excluding hydrogens is 387 g/mol. The van der Waals surface area contributed by atoms with Gasteiger partial charge in [-0.1, -0.05) is 30.1 Å². The molecule has 8 heteroatoms. The maximum absolute atomic E-state index is 12.7. The van der Waals surface area contributed by atoms with Gasteiger partial charge in [0.25, 0.3) is 0 Å². The number of hydrogen-bond acceptors (Lipinski definition) is 4. The number of amides is 2. The molecular formula is C16H20Cl2N2O2S2. The standard InChI is InChI=1S/C16H20Cl2N2O2S2/c1-2-5-20(16(22)14-10-23-6-7-24-14)9-15(21)19-13-8-11(17)3-4-12(13)18/h3-4,8,14H,2,5-7,9-10H2,1H3,(H,19,21). The Bertz CT molecular complexity index is 595. The number of nitrogens with one attached hydrogen (secondary N) is 1. The maximum atomic E-state index is 12.7. The summed E-state index contributed by atoms with van der Waals surface area (Å²) in [5, 5.41) is 3.59. The Balaban J connectivity index is 1.99. The molecule has 0 aliphatic carbocycles. The monoisotopic (exact) mass is 406 g/mol. The van der Waals surface area contributed by atoms with Crippen LogP contribution < -0.4 is 5.32 Å². The summed E-state index contributed by atoms with van der Waals surface area (Å²) in [6, 6.07) is 4.89. The van der Waals surface area contributed by atoms with Gasteiger partial charge in [-0.05, 0) is 24.6 Å². The zero-order valence-corrected chi connectivity index (χ0v) is 16.5. The van der Waals surface area contributed by atoms with Crippen LogP contribution in [0, 0.1) is 0 Å². The second-order valence-corrected chi connectivity index (χ2v) is 8.67. The van der Waals surface area contributed by atoms with Crippen molar-refractivity contribution in [1.29, 1.82) is 0 Å². The first-order valence-corrected chi connectivity index (χ1v) is 10.7. The normalized spacial score (nSPS) is 17.4. The van der Waals surface area contributed by atoms with E-state index in [0.29, 0.717) is 22.3 Å². The second kappa shape index (κ2) is 9.80. The van der Waals surface area contributed by atoms with Gasteiger partial charge in [-0.3, -0.25) is 9.59 Å². The van der Waals surface area contributed by atoms with Gasteiger partial charge in [0.1, 0.15) is 0 Å². The molecule has 24 heavy (non-hydrogen) atoms. The molecule has 1 heterocycles. The number of halogens is 2. The van der Waals surface area contributed by atoms with Gasteiger partial charge in [0, 0.05) is 28.8 Å². The third kappa shape index (κ3) is 5.76. The maximum Gasteiger partial charge on any atom is 0.244 e. The van der Waals surface area contributed by atoms with Gasteiger partial charge in [-0.2, -0.15) is 11.8 Å². The van der Waals surface area contributed by atoms with E-state index in [1.54, 1.807) is 46.6 Å². The van der Waals surface area contributed by atoms with Crippen molar-refractivity contribution < 1.29 is 9.59 Å². The molecule has 132 valence electrons. The molecule has 0 radical (unpaired) electrons. The smallest absolute Gasteiger partial charge is 0.244 e. The fraction of sp³-hybridized carbons (Fsp3) is 0.500. The molecule has 1 atom stereocenters. The summed E-state index contributed by atoms with van der Waals surface area (Å²) >= 11 is 15.5. The highest BCUT2D eigenvalue weighted by atomic mass is 35.5. The van der Waals surface area contributed by atoms with Crippen LogP contribution in [-0.2, 0) is 9.59 Å². The molecule has 0 saturated carbocycles. The zero-order valence-electron chi connectivity index (χ0n) is 13.4. The minimum absolute atomic E-state index is 0.0250. The van der Waals surface area contributed by atoms with E-state index in [2.05, 4.69) is 5.32 Å². The summed E-state index contributed by atoms with van der Waals surface area (Å²) in [5.41, 5.74) is 0.459. The lowest BCUT2D eigenvalue weighted by atomic mass is 10.3. The van der Waals surface area contributed by atoms with E-state index in [0.717, 1.165) is 23.7 Å². The van der Waals surface area contributed by atoms with Gasteiger partial charge in [0.05, 0.1) is 22.5 Å². The molecule has 0 spiro atoms. The zero-order chi connectivity index (χ0) is 17.5. The van der Waals surface area contributed by atoms with Crippen molar-refractivity contribution >= 4 is 64.2 Å². The Morgan fingerprint density at radius 2 is 2.12 bits per heavy atom. The van der Waals surface area contributed by atoms with Crippen LogP contribution in [0.15, 0.2) is 18.2 Å². The first-order valence-electron chi connectivity index (χ1n) is 7.74. The number of carbonyl (C=O) groups excluding carboxylic acids is 2. The van der Waals surface area contributed by atoms with Crippen LogP contribution in [0.3, 0.4) is 0 Å². The van der Waals surface area contributed by atoms with Gasteiger partial charge in [-0.25, -0.2) is 0 Å². The van der Waals surface area contributed by atoms with E-state index in [1.165, 1.54) is 0 Å². The lowest BCUT2D eigenvalue weighted by Crippen LogP contribution is -2.44. The Hall–Kier alpha value is -0.560. The van der Waals surface area contributed by atoms with E-state index < -0.39 is 0 Å². The van der Waals surface area contributed by atoms with Crippen molar-refractivity contribution in [3.63, 3.8) is 0 Å². The molecule has 1 aliphatic rings. The minimum Gasteiger partial charge on any atom is -0.332 e.